The molecule has 0 aliphatic rings. The van der Waals surface area contributed by atoms with Gasteiger partial charge in [0, 0.05) is 24.1 Å². The third-order valence-corrected chi connectivity index (χ3v) is 3.66. The molecule has 0 aliphatic carbocycles. The summed E-state index contributed by atoms with van der Waals surface area (Å²) in [6.45, 7) is 12.1. The largest absolute Gasteiger partial charge is 0.396 e. The summed E-state index contributed by atoms with van der Waals surface area (Å²) in [6, 6.07) is 0. The van der Waals surface area contributed by atoms with Crippen molar-refractivity contribution in [3.8, 4) is 0 Å². The van der Waals surface area contributed by atoms with Crippen LogP contribution in [0.3, 0.4) is 0 Å². The van der Waals surface area contributed by atoms with Crippen LogP contribution in [0.25, 0.3) is 0 Å². The Morgan fingerprint density at radius 2 is 1.50 bits per heavy atom. The van der Waals surface area contributed by atoms with Crippen LogP contribution in [0, 0.1) is 5.41 Å². The van der Waals surface area contributed by atoms with E-state index in [0.717, 1.165) is 25.8 Å². The Labute approximate surface area is 89.1 Å². The van der Waals surface area contributed by atoms with E-state index in [4.69, 9.17) is 0 Å². The van der Waals surface area contributed by atoms with Crippen LogP contribution in [0.5, 0.6) is 0 Å². The molecule has 0 aromatic rings. The fraction of sp³-hybridized carbons (Fsp3) is 1.00. The predicted molar refractivity (Wildman–Crippen MR) is 62.5 cm³/mol. The van der Waals surface area contributed by atoms with Crippen molar-refractivity contribution in [2.75, 3.05) is 13.2 Å². The summed E-state index contributed by atoms with van der Waals surface area (Å²) in [6.07, 6.45) is 3.18. The van der Waals surface area contributed by atoms with Crippen molar-refractivity contribution in [2.45, 2.75) is 59.4 Å². The van der Waals surface area contributed by atoms with Crippen LogP contribution in [-0.4, -0.2) is 23.8 Å². The Bertz CT molecular complexity index is 142. The average Bonchev–Trinajstić information content (AvgIpc) is 2.21. The summed E-state index contributed by atoms with van der Waals surface area (Å²) < 4.78 is 0. The maximum Gasteiger partial charge on any atom is 0.0499 e. The third-order valence-electron chi connectivity index (χ3n) is 3.66. The van der Waals surface area contributed by atoms with Gasteiger partial charge < -0.3 is 10.4 Å². The van der Waals surface area contributed by atoms with Crippen molar-refractivity contribution in [3.63, 3.8) is 0 Å². The number of hydrogen-bond donors (Lipinski definition) is 2. The second-order valence-electron chi connectivity index (χ2n) is 4.96. The number of rotatable bonds is 7. The summed E-state index contributed by atoms with van der Waals surface area (Å²) in [5.41, 5.74) is 0.261. The highest BCUT2D eigenvalue weighted by Crippen LogP contribution is 2.25. The summed E-state index contributed by atoms with van der Waals surface area (Å²) in [5, 5.41) is 12.9. The van der Waals surface area contributed by atoms with E-state index in [2.05, 4.69) is 39.9 Å². The zero-order valence-electron chi connectivity index (χ0n) is 10.5. The molecule has 0 bridgehead atoms. The predicted octanol–water partition coefficient (Wildman–Crippen LogP) is 2.56. The second-order valence-corrected chi connectivity index (χ2v) is 4.96. The van der Waals surface area contributed by atoms with Gasteiger partial charge in [-0.3, -0.25) is 0 Å². The maximum absolute atomic E-state index is 9.41. The van der Waals surface area contributed by atoms with Gasteiger partial charge in [-0.15, -0.1) is 0 Å². The molecule has 0 radical (unpaired) electrons. The van der Waals surface area contributed by atoms with Gasteiger partial charge in [0.15, 0.2) is 0 Å². The molecule has 0 saturated heterocycles. The van der Waals surface area contributed by atoms with E-state index in [-0.39, 0.29) is 17.6 Å². The number of aliphatic hydroxyl groups is 1. The lowest BCUT2D eigenvalue weighted by molar-refractivity contribution is 0.103. The summed E-state index contributed by atoms with van der Waals surface area (Å²) in [7, 11) is 0. The molecule has 0 spiro atoms. The van der Waals surface area contributed by atoms with Crippen molar-refractivity contribution in [1.29, 1.82) is 0 Å². The topological polar surface area (TPSA) is 32.3 Å². The molecule has 14 heavy (non-hydrogen) atoms. The van der Waals surface area contributed by atoms with E-state index in [1.54, 1.807) is 0 Å². The second kappa shape index (κ2) is 5.72. The molecule has 0 heterocycles. The molecule has 2 heteroatoms. The molecule has 0 aromatic carbocycles. The molecule has 0 aliphatic heterocycles. The fourth-order valence-corrected chi connectivity index (χ4v) is 1.33. The Hall–Kier alpha value is -0.0800. The van der Waals surface area contributed by atoms with Gasteiger partial charge in [-0.25, -0.2) is 0 Å². The first-order chi connectivity index (χ1) is 6.45. The highest BCUT2D eigenvalue weighted by Gasteiger charge is 2.27. The van der Waals surface area contributed by atoms with Crippen LogP contribution in [0.15, 0.2) is 0 Å². The summed E-state index contributed by atoms with van der Waals surface area (Å²) in [5.74, 6) is 0. The van der Waals surface area contributed by atoms with E-state index in [1.807, 2.05) is 0 Å². The third kappa shape index (κ3) is 3.97. The molecule has 86 valence electrons. The smallest absolute Gasteiger partial charge is 0.0499 e. The molecular weight excluding hydrogens is 174 g/mol. The van der Waals surface area contributed by atoms with E-state index in [9.17, 15) is 5.11 Å². The number of hydrogen-bond acceptors (Lipinski definition) is 2. The van der Waals surface area contributed by atoms with Crippen LogP contribution in [0.1, 0.15) is 53.9 Å². The Morgan fingerprint density at radius 1 is 1.00 bits per heavy atom. The van der Waals surface area contributed by atoms with Crippen LogP contribution in [-0.2, 0) is 0 Å². The Morgan fingerprint density at radius 3 is 1.79 bits per heavy atom. The van der Waals surface area contributed by atoms with Crippen molar-refractivity contribution < 1.29 is 5.11 Å². The highest BCUT2D eigenvalue weighted by molar-refractivity contribution is 4.83. The van der Waals surface area contributed by atoms with Crippen LogP contribution >= 0.6 is 0 Å². The van der Waals surface area contributed by atoms with Gasteiger partial charge in [-0.1, -0.05) is 20.8 Å². The molecule has 0 atom stereocenters. The first kappa shape index (κ1) is 13.9. The molecule has 0 aromatic heterocycles. The van der Waals surface area contributed by atoms with Gasteiger partial charge in [0.05, 0.1) is 0 Å². The lowest BCUT2D eigenvalue weighted by atomic mass is 9.82. The normalized spacial score (nSPS) is 13.3. The maximum atomic E-state index is 9.41. The molecule has 2 nitrogen and oxygen atoms in total. The molecule has 0 rings (SSSR count). The van der Waals surface area contributed by atoms with Crippen LogP contribution in [0.2, 0.25) is 0 Å². The Balaban J connectivity index is 4.19. The van der Waals surface area contributed by atoms with Gasteiger partial charge in [-0.2, -0.15) is 0 Å². The number of nitrogens with one attached hydrogen (secondary N) is 1. The monoisotopic (exact) mass is 201 g/mol. The fourth-order valence-electron chi connectivity index (χ4n) is 1.33. The van der Waals surface area contributed by atoms with E-state index in [1.165, 1.54) is 0 Å². The lowest BCUT2D eigenvalue weighted by Crippen LogP contribution is -2.46. The highest BCUT2D eigenvalue weighted by atomic mass is 16.3. The first-order valence-electron chi connectivity index (χ1n) is 5.81. The van der Waals surface area contributed by atoms with E-state index in [0.29, 0.717) is 0 Å². The van der Waals surface area contributed by atoms with E-state index >= 15 is 0 Å². The molecule has 0 unspecified atom stereocenters. The van der Waals surface area contributed by atoms with Gasteiger partial charge >= 0.3 is 0 Å². The van der Waals surface area contributed by atoms with Gasteiger partial charge in [0.2, 0.25) is 0 Å². The van der Waals surface area contributed by atoms with Crippen LogP contribution < -0.4 is 5.32 Å². The van der Waals surface area contributed by atoms with Crippen molar-refractivity contribution in [1.82, 2.24) is 5.32 Å². The van der Waals surface area contributed by atoms with Gasteiger partial charge in [0.25, 0.3) is 0 Å². The standard InChI is InChI=1S/C12H27NO/c1-6-11(4,5)13-9-12(7-2,8-3)10-14/h13-14H,6-10H2,1-5H3. The van der Waals surface area contributed by atoms with Crippen LogP contribution in [0.4, 0.5) is 0 Å². The quantitative estimate of drug-likeness (QED) is 0.663. The summed E-state index contributed by atoms with van der Waals surface area (Å²) >= 11 is 0. The minimum Gasteiger partial charge on any atom is -0.396 e. The Kier molecular flexibility index (Phi) is 5.68. The SMILES string of the molecule is CCC(CC)(CO)CNC(C)(C)CC. The van der Waals surface area contributed by atoms with Crippen molar-refractivity contribution in [3.05, 3.63) is 0 Å². The van der Waals surface area contributed by atoms with E-state index < -0.39 is 0 Å². The minimum atomic E-state index is 0.0758. The zero-order chi connectivity index (χ0) is 11.2. The molecular formula is C12H27NO. The summed E-state index contributed by atoms with van der Waals surface area (Å²) in [4.78, 5) is 0. The van der Waals surface area contributed by atoms with Gasteiger partial charge in [0.1, 0.15) is 0 Å². The zero-order valence-corrected chi connectivity index (χ0v) is 10.5. The van der Waals surface area contributed by atoms with Crippen molar-refractivity contribution >= 4 is 0 Å². The molecule has 0 saturated carbocycles. The molecule has 2 N–H and O–H groups in total. The number of aliphatic hydroxyl groups excluding tert-OH is 1. The first-order valence-corrected chi connectivity index (χ1v) is 5.81. The molecule has 0 fully saturated rings. The molecule has 0 amide bonds. The average molecular weight is 201 g/mol. The minimum absolute atomic E-state index is 0.0758. The lowest BCUT2D eigenvalue weighted by Gasteiger charge is -2.35. The van der Waals surface area contributed by atoms with Crippen molar-refractivity contribution in [2.24, 2.45) is 5.41 Å². The van der Waals surface area contributed by atoms with Gasteiger partial charge in [-0.05, 0) is 33.1 Å².